The molecule has 1 heterocycles. The molecule has 3 atom stereocenters. The van der Waals surface area contributed by atoms with Crippen molar-refractivity contribution in [1.29, 1.82) is 0 Å². The van der Waals surface area contributed by atoms with Crippen molar-refractivity contribution < 1.29 is 4.42 Å². The quantitative estimate of drug-likeness (QED) is 0.852. The van der Waals surface area contributed by atoms with Gasteiger partial charge in [-0.2, -0.15) is 0 Å². The SMILES string of the molecule is Cc1ccc(C(N)CC23CC4CC(C)(CC(C)(C4)C2)C3)o1. The first-order valence-electron chi connectivity index (χ1n) is 8.61. The van der Waals surface area contributed by atoms with Gasteiger partial charge in [-0.15, -0.1) is 0 Å². The van der Waals surface area contributed by atoms with Crippen molar-refractivity contribution in [3.8, 4) is 0 Å². The molecule has 4 aliphatic carbocycles. The molecule has 5 rings (SSSR count). The van der Waals surface area contributed by atoms with Gasteiger partial charge in [0.2, 0.25) is 0 Å². The van der Waals surface area contributed by atoms with Crippen LogP contribution >= 0.6 is 0 Å². The van der Waals surface area contributed by atoms with Crippen molar-refractivity contribution in [2.45, 2.75) is 71.8 Å². The van der Waals surface area contributed by atoms with E-state index in [1.165, 1.54) is 38.5 Å². The molecule has 116 valence electrons. The Bertz CT molecular complexity index is 542. The Labute approximate surface area is 128 Å². The molecule has 0 aliphatic heterocycles. The maximum absolute atomic E-state index is 6.52. The summed E-state index contributed by atoms with van der Waals surface area (Å²) in [6, 6.07) is 4.18. The van der Waals surface area contributed by atoms with E-state index < -0.39 is 0 Å². The molecule has 0 amide bonds. The van der Waals surface area contributed by atoms with Crippen LogP contribution in [0.1, 0.15) is 76.4 Å². The van der Waals surface area contributed by atoms with Crippen molar-refractivity contribution in [3.63, 3.8) is 0 Å². The van der Waals surface area contributed by atoms with E-state index in [-0.39, 0.29) is 6.04 Å². The van der Waals surface area contributed by atoms with Gasteiger partial charge in [-0.25, -0.2) is 0 Å². The van der Waals surface area contributed by atoms with Crippen molar-refractivity contribution >= 4 is 0 Å². The molecule has 2 nitrogen and oxygen atoms in total. The zero-order valence-electron chi connectivity index (χ0n) is 13.7. The van der Waals surface area contributed by atoms with Crippen LogP contribution in [0.15, 0.2) is 16.5 Å². The van der Waals surface area contributed by atoms with Gasteiger partial charge in [0.1, 0.15) is 11.5 Å². The standard InChI is InChI=1S/C19H29NO/c1-13-4-5-16(21-13)15(20)9-19-8-14-6-17(2,11-19)10-18(3,7-14)12-19/h4-5,14-15H,6-12,20H2,1-3H3. The van der Waals surface area contributed by atoms with Gasteiger partial charge in [0.05, 0.1) is 6.04 Å². The number of hydrogen-bond donors (Lipinski definition) is 1. The number of furan rings is 1. The summed E-state index contributed by atoms with van der Waals surface area (Å²) in [5.41, 5.74) is 8.15. The number of aryl methyl sites for hydroxylation is 1. The second kappa shape index (κ2) is 4.16. The van der Waals surface area contributed by atoms with Crippen LogP contribution in [0.3, 0.4) is 0 Å². The molecule has 1 aromatic heterocycles. The lowest BCUT2D eigenvalue weighted by molar-refractivity contribution is -0.149. The Balaban J connectivity index is 1.59. The highest BCUT2D eigenvalue weighted by molar-refractivity contribution is 5.14. The molecule has 0 radical (unpaired) electrons. The summed E-state index contributed by atoms with van der Waals surface area (Å²) in [7, 11) is 0. The zero-order chi connectivity index (χ0) is 14.9. The van der Waals surface area contributed by atoms with E-state index in [9.17, 15) is 0 Å². The van der Waals surface area contributed by atoms with Gasteiger partial charge < -0.3 is 10.2 Å². The second-order valence-corrected chi connectivity index (χ2v) is 9.39. The average molecular weight is 287 g/mol. The smallest absolute Gasteiger partial charge is 0.120 e. The summed E-state index contributed by atoms with van der Waals surface area (Å²) in [5.74, 6) is 2.91. The molecular formula is C19H29NO. The molecule has 4 saturated carbocycles. The van der Waals surface area contributed by atoms with Crippen LogP contribution in [0.2, 0.25) is 0 Å². The molecule has 0 aromatic carbocycles. The predicted molar refractivity (Wildman–Crippen MR) is 84.8 cm³/mol. The fourth-order valence-corrected chi connectivity index (χ4v) is 7.13. The molecule has 0 saturated heterocycles. The third kappa shape index (κ3) is 2.27. The van der Waals surface area contributed by atoms with E-state index in [1.807, 2.05) is 13.0 Å². The molecular weight excluding hydrogens is 258 g/mol. The number of hydrogen-bond acceptors (Lipinski definition) is 2. The molecule has 4 fully saturated rings. The van der Waals surface area contributed by atoms with Gasteiger partial charge in [-0.3, -0.25) is 0 Å². The van der Waals surface area contributed by atoms with Crippen LogP contribution in [0.5, 0.6) is 0 Å². The Morgan fingerprint density at radius 2 is 1.81 bits per heavy atom. The van der Waals surface area contributed by atoms with Crippen molar-refractivity contribution in [1.82, 2.24) is 0 Å². The van der Waals surface area contributed by atoms with Gasteiger partial charge in [0.15, 0.2) is 0 Å². The Morgan fingerprint density at radius 1 is 1.14 bits per heavy atom. The maximum atomic E-state index is 6.52. The Kier molecular flexibility index (Phi) is 2.75. The highest BCUT2D eigenvalue weighted by Gasteiger charge is 2.60. The van der Waals surface area contributed by atoms with Crippen molar-refractivity contribution in [3.05, 3.63) is 23.7 Å². The Morgan fingerprint density at radius 3 is 2.33 bits per heavy atom. The highest BCUT2D eigenvalue weighted by atomic mass is 16.3. The zero-order valence-corrected chi connectivity index (χ0v) is 13.7. The van der Waals surface area contributed by atoms with Gasteiger partial charge in [-0.1, -0.05) is 13.8 Å². The topological polar surface area (TPSA) is 39.2 Å². The van der Waals surface area contributed by atoms with E-state index >= 15 is 0 Å². The van der Waals surface area contributed by atoms with Crippen molar-refractivity contribution in [2.24, 2.45) is 27.9 Å². The lowest BCUT2D eigenvalue weighted by Gasteiger charge is -2.66. The summed E-state index contributed by atoms with van der Waals surface area (Å²) < 4.78 is 5.78. The van der Waals surface area contributed by atoms with E-state index in [0.29, 0.717) is 16.2 Å². The molecule has 1 aromatic rings. The third-order valence-electron chi connectivity index (χ3n) is 6.52. The van der Waals surface area contributed by atoms with Gasteiger partial charge >= 0.3 is 0 Å². The summed E-state index contributed by atoms with van der Waals surface area (Å²) in [6.45, 7) is 7.07. The lowest BCUT2D eigenvalue weighted by atomic mass is 9.39. The van der Waals surface area contributed by atoms with Gasteiger partial charge in [0, 0.05) is 0 Å². The molecule has 3 unspecified atom stereocenters. The molecule has 4 aliphatic rings. The monoisotopic (exact) mass is 287 g/mol. The fourth-order valence-electron chi connectivity index (χ4n) is 7.13. The average Bonchev–Trinajstić information content (AvgIpc) is 2.70. The van der Waals surface area contributed by atoms with Crippen LogP contribution in [0, 0.1) is 29.1 Å². The molecule has 4 bridgehead atoms. The first-order valence-corrected chi connectivity index (χ1v) is 8.61. The molecule has 2 N–H and O–H groups in total. The van der Waals surface area contributed by atoms with Crippen LogP contribution in [-0.2, 0) is 0 Å². The summed E-state index contributed by atoms with van der Waals surface area (Å²) in [5, 5.41) is 0. The van der Waals surface area contributed by atoms with E-state index in [1.54, 1.807) is 0 Å². The second-order valence-electron chi connectivity index (χ2n) is 9.39. The molecule has 2 heteroatoms. The molecule has 21 heavy (non-hydrogen) atoms. The van der Waals surface area contributed by atoms with Crippen LogP contribution in [0.25, 0.3) is 0 Å². The van der Waals surface area contributed by atoms with Gasteiger partial charge in [0.25, 0.3) is 0 Å². The summed E-state index contributed by atoms with van der Waals surface area (Å²) in [6.07, 6.45) is 9.65. The van der Waals surface area contributed by atoms with Crippen molar-refractivity contribution in [2.75, 3.05) is 0 Å². The number of nitrogens with two attached hydrogens (primary N) is 1. The minimum absolute atomic E-state index is 0.0714. The largest absolute Gasteiger partial charge is 0.465 e. The first kappa shape index (κ1) is 13.9. The van der Waals surface area contributed by atoms with Crippen LogP contribution < -0.4 is 5.73 Å². The van der Waals surface area contributed by atoms with E-state index in [2.05, 4.69) is 19.9 Å². The van der Waals surface area contributed by atoms with Gasteiger partial charge in [-0.05, 0) is 86.2 Å². The fraction of sp³-hybridized carbons (Fsp3) is 0.789. The van der Waals surface area contributed by atoms with E-state index in [0.717, 1.165) is 23.9 Å². The lowest BCUT2D eigenvalue weighted by Crippen LogP contribution is -2.55. The highest BCUT2D eigenvalue weighted by Crippen LogP contribution is 2.70. The summed E-state index contributed by atoms with van der Waals surface area (Å²) >= 11 is 0. The predicted octanol–water partition coefficient (Wildman–Crippen LogP) is 4.97. The Hall–Kier alpha value is -0.760. The van der Waals surface area contributed by atoms with Crippen LogP contribution in [-0.4, -0.2) is 0 Å². The van der Waals surface area contributed by atoms with E-state index in [4.69, 9.17) is 10.2 Å². The minimum Gasteiger partial charge on any atom is -0.465 e. The minimum atomic E-state index is 0.0714. The normalized spacial score (nSPS) is 46.0. The summed E-state index contributed by atoms with van der Waals surface area (Å²) in [4.78, 5) is 0. The first-order chi connectivity index (χ1) is 9.79. The number of rotatable bonds is 3. The third-order valence-corrected chi connectivity index (χ3v) is 6.52. The van der Waals surface area contributed by atoms with Crippen LogP contribution in [0.4, 0.5) is 0 Å². The maximum Gasteiger partial charge on any atom is 0.120 e. The molecule has 0 spiro atoms.